The highest BCUT2D eigenvalue weighted by Gasteiger charge is 2.36. The van der Waals surface area contributed by atoms with Gasteiger partial charge < -0.3 is 4.74 Å². The van der Waals surface area contributed by atoms with Crippen LogP contribution >= 0.6 is 0 Å². The molecular weight excluding hydrogens is 148 g/mol. The third kappa shape index (κ3) is 0.855. The average Bonchev–Trinajstić information content (AvgIpc) is 2.32. The predicted octanol–water partition coefficient (Wildman–Crippen LogP) is 3.04. The summed E-state index contributed by atoms with van der Waals surface area (Å²) < 4.78 is 5.57. The molecule has 12 heavy (non-hydrogen) atoms. The summed E-state index contributed by atoms with van der Waals surface area (Å²) in [5.41, 5.74) is 3.30. The molecule has 0 radical (unpaired) electrons. The number of rotatable bonds is 1. The van der Waals surface area contributed by atoms with Crippen molar-refractivity contribution in [2.24, 2.45) is 5.41 Å². The van der Waals surface area contributed by atoms with E-state index in [4.69, 9.17) is 4.74 Å². The number of hydrogen-bond acceptors (Lipinski definition) is 1. The largest absolute Gasteiger partial charge is 0.489 e. The van der Waals surface area contributed by atoms with Gasteiger partial charge in [0.05, 0.1) is 0 Å². The van der Waals surface area contributed by atoms with Crippen LogP contribution in [0, 0.1) is 5.41 Å². The summed E-state index contributed by atoms with van der Waals surface area (Å²) in [6.45, 7) is 7.62. The lowest BCUT2D eigenvalue weighted by atomic mass is 9.73. The molecule has 1 heterocycles. The van der Waals surface area contributed by atoms with Crippen LogP contribution in [-0.4, -0.2) is 6.61 Å². The van der Waals surface area contributed by atoms with Gasteiger partial charge >= 0.3 is 0 Å². The maximum absolute atomic E-state index is 5.57. The number of hydrogen-bond donors (Lipinski definition) is 0. The van der Waals surface area contributed by atoms with E-state index in [1.807, 2.05) is 0 Å². The summed E-state index contributed by atoms with van der Waals surface area (Å²) >= 11 is 0. The zero-order valence-corrected chi connectivity index (χ0v) is 8.11. The van der Waals surface area contributed by atoms with Crippen LogP contribution in [-0.2, 0) is 4.74 Å². The van der Waals surface area contributed by atoms with Gasteiger partial charge in [-0.2, -0.15) is 0 Å². The van der Waals surface area contributed by atoms with E-state index in [2.05, 4.69) is 26.8 Å². The Labute approximate surface area is 74.1 Å². The monoisotopic (exact) mass is 164 g/mol. The Morgan fingerprint density at radius 2 is 2.33 bits per heavy atom. The number of fused-ring (bicyclic) bond motifs is 1. The predicted molar refractivity (Wildman–Crippen MR) is 49.8 cm³/mol. The topological polar surface area (TPSA) is 9.23 Å². The fourth-order valence-corrected chi connectivity index (χ4v) is 2.15. The molecule has 0 saturated heterocycles. The summed E-state index contributed by atoms with van der Waals surface area (Å²) in [5, 5.41) is 0. The molecular formula is C11H16O. The quantitative estimate of drug-likeness (QED) is 0.578. The van der Waals surface area contributed by atoms with Crippen molar-refractivity contribution in [3.05, 3.63) is 23.0 Å². The average molecular weight is 164 g/mol. The highest BCUT2D eigenvalue weighted by atomic mass is 16.5. The number of allylic oxidation sites excluding steroid dienone is 2. The van der Waals surface area contributed by atoms with Gasteiger partial charge in [0, 0.05) is 0 Å². The van der Waals surface area contributed by atoms with Gasteiger partial charge in [-0.25, -0.2) is 0 Å². The molecule has 66 valence electrons. The first-order valence-corrected chi connectivity index (χ1v) is 4.71. The van der Waals surface area contributed by atoms with Gasteiger partial charge in [-0.15, -0.1) is 0 Å². The fourth-order valence-electron chi connectivity index (χ4n) is 2.15. The molecule has 0 aromatic rings. The molecule has 1 unspecified atom stereocenters. The van der Waals surface area contributed by atoms with Crippen molar-refractivity contribution >= 4 is 0 Å². The van der Waals surface area contributed by atoms with E-state index in [1.54, 1.807) is 0 Å². The number of ether oxygens (including phenoxy) is 1. The minimum absolute atomic E-state index is 0.379. The SMILES string of the molecule is CCC1(C)CC=C2OCC1=C2C. The van der Waals surface area contributed by atoms with Crippen LogP contribution in [0.15, 0.2) is 23.0 Å². The second-order valence-corrected chi connectivity index (χ2v) is 4.08. The van der Waals surface area contributed by atoms with Crippen molar-refractivity contribution in [1.29, 1.82) is 0 Å². The van der Waals surface area contributed by atoms with E-state index in [-0.39, 0.29) is 0 Å². The van der Waals surface area contributed by atoms with Crippen molar-refractivity contribution in [1.82, 2.24) is 0 Å². The fraction of sp³-hybridized carbons (Fsp3) is 0.636. The molecule has 2 aliphatic rings. The normalized spacial score (nSPS) is 33.4. The maximum atomic E-state index is 5.57. The smallest absolute Gasteiger partial charge is 0.118 e. The standard InChI is InChI=1S/C11H16O/c1-4-11(3)6-5-10-8(2)9(11)7-12-10/h5H,4,6-7H2,1-3H3. The molecule has 0 saturated carbocycles. The van der Waals surface area contributed by atoms with E-state index >= 15 is 0 Å². The van der Waals surface area contributed by atoms with Crippen LogP contribution in [0.3, 0.4) is 0 Å². The van der Waals surface area contributed by atoms with Crippen LogP contribution < -0.4 is 0 Å². The maximum Gasteiger partial charge on any atom is 0.118 e. The summed E-state index contributed by atoms with van der Waals surface area (Å²) in [7, 11) is 0. The van der Waals surface area contributed by atoms with Crippen molar-refractivity contribution < 1.29 is 4.74 Å². The van der Waals surface area contributed by atoms with Crippen LogP contribution in [0.2, 0.25) is 0 Å². The molecule has 1 heteroatoms. The third-order valence-electron chi connectivity index (χ3n) is 3.44. The Balaban J connectivity index is 2.42. The van der Waals surface area contributed by atoms with Gasteiger partial charge in [-0.3, -0.25) is 0 Å². The zero-order chi connectivity index (χ0) is 8.77. The molecule has 0 N–H and O–H groups in total. The van der Waals surface area contributed by atoms with Crippen molar-refractivity contribution in [3.63, 3.8) is 0 Å². The molecule has 0 fully saturated rings. The van der Waals surface area contributed by atoms with E-state index in [0.29, 0.717) is 5.41 Å². The lowest BCUT2D eigenvalue weighted by Crippen LogP contribution is -2.20. The molecule has 0 aromatic carbocycles. The molecule has 2 rings (SSSR count). The van der Waals surface area contributed by atoms with Gasteiger partial charge in [0.15, 0.2) is 0 Å². The molecule has 0 amide bonds. The molecule has 1 nitrogen and oxygen atoms in total. The van der Waals surface area contributed by atoms with Crippen LogP contribution in [0.4, 0.5) is 0 Å². The molecule has 1 aliphatic carbocycles. The van der Waals surface area contributed by atoms with Crippen LogP contribution in [0.5, 0.6) is 0 Å². The van der Waals surface area contributed by atoms with Crippen molar-refractivity contribution in [3.8, 4) is 0 Å². The van der Waals surface area contributed by atoms with Gasteiger partial charge in [-0.05, 0) is 42.4 Å². The second kappa shape index (κ2) is 2.38. The van der Waals surface area contributed by atoms with E-state index in [9.17, 15) is 0 Å². The Morgan fingerprint density at radius 3 is 3.00 bits per heavy atom. The van der Waals surface area contributed by atoms with Crippen LogP contribution in [0.25, 0.3) is 0 Å². The van der Waals surface area contributed by atoms with Crippen LogP contribution in [0.1, 0.15) is 33.6 Å². The Kier molecular flexibility index (Phi) is 1.57. The molecule has 1 aliphatic heterocycles. The lowest BCUT2D eigenvalue weighted by Gasteiger charge is -2.29. The Bertz CT molecular complexity index is 273. The van der Waals surface area contributed by atoms with Gasteiger partial charge in [0.25, 0.3) is 0 Å². The van der Waals surface area contributed by atoms with Gasteiger partial charge in [0.2, 0.25) is 0 Å². The second-order valence-electron chi connectivity index (χ2n) is 4.08. The van der Waals surface area contributed by atoms with E-state index in [1.165, 1.54) is 17.6 Å². The first kappa shape index (κ1) is 7.90. The van der Waals surface area contributed by atoms with Crippen molar-refractivity contribution in [2.45, 2.75) is 33.6 Å². The highest BCUT2D eigenvalue weighted by molar-refractivity contribution is 5.41. The molecule has 0 aromatic heterocycles. The first-order valence-electron chi connectivity index (χ1n) is 4.71. The minimum Gasteiger partial charge on any atom is -0.489 e. The third-order valence-corrected chi connectivity index (χ3v) is 3.44. The first-order chi connectivity index (χ1) is 5.67. The minimum atomic E-state index is 0.379. The summed E-state index contributed by atoms with van der Waals surface area (Å²) in [4.78, 5) is 0. The Morgan fingerprint density at radius 1 is 1.58 bits per heavy atom. The van der Waals surface area contributed by atoms with Gasteiger partial charge in [0.1, 0.15) is 12.4 Å². The van der Waals surface area contributed by atoms with E-state index < -0.39 is 0 Å². The van der Waals surface area contributed by atoms with Crippen molar-refractivity contribution in [2.75, 3.05) is 6.61 Å². The summed E-state index contributed by atoms with van der Waals surface area (Å²) in [6, 6.07) is 0. The molecule has 0 spiro atoms. The molecule has 2 bridgehead atoms. The highest BCUT2D eigenvalue weighted by Crippen LogP contribution is 2.46. The summed E-state index contributed by atoms with van der Waals surface area (Å²) in [5.74, 6) is 1.14. The summed E-state index contributed by atoms with van der Waals surface area (Å²) in [6.07, 6.45) is 4.62. The Hall–Kier alpha value is -0.720. The lowest BCUT2D eigenvalue weighted by molar-refractivity contribution is 0.259. The van der Waals surface area contributed by atoms with Gasteiger partial charge in [-0.1, -0.05) is 13.8 Å². The van der Waals surface area contributed by atoms with E-state index in [0.717, 1.165) is 18.8 Å². The zero-order valence-electron chi connectivity index (χ0n) is 8.11. The molecule has 1 atom stereocenters.